The lowest BCUT2D eigenvalue weighted by atomic mass is 10.2. The molecule has 20 heavy (non-hydrogen) atoms. The molecule has 0 saturated heterocycles. The minimum Gasteiger partial charge on any atom is -0.506 e. The highest BCUT2D eigenvalue weighted by atomic mass is 16.5. The molecule has 0 fully saturated rings. The van der Waals surface area contributed by atoms with Gasteiger partial charge in [0.25, 0.3) is 5.91 Å². The number of hydrogen-bond donors (Lipinski definition) is 2. The first-order chi connectivity index (χ1) is 9.62. The Hall–Kier alpha value is -2.90. The van der Waals surface area contributed by atoms with Gasteiger partial charge in [-0.25, -0.2) is 0 Å². The molecule has 2 aromatic rings. The van der Waals surface area contributed by atoms with Gasteiger partial charge in [-0.15, -0.1) is 0 Å². The predicted molar refractivity (Wildman–Crippen MR) is 69.0 cm³/mol. The summed E-state index contributed by atoms with van der Waals surface area (Å²) in [6.07, 6.45) is 2.54. The summed E-state index contributed by atoms with van der Waals surface area (Å²) in [6.45, 7) is 0. The van der Waals surface area contributed by atoms with Gasteiger partial charge in [0, 0.05) is 6.20 Å². The van der Waals surface area contributed by atoms with Gasteiger partial charge in [-0.2, -0.15) is 9.97 Å². The SMILES string of the molecule is COc1cc(OC)nc(NC(=O)c2cncc(O)c2)n1. The van der Waals surface area contributed by atoms with Crippen molar-refractivity contribution in [3.8, 4) is 17.5 Å². The first-order valence-corrected chi connectivity index (χ1v) is 5.55. The lowest BCUT2D eigenvalue weighted by Gasteiger charge is -2.07. The maximum atomic E-state index is 11.9. The molecule has 8 nitrogen and oxygen atoms in total. The van der Waals surface area contributed by atoms with E-state index in [1.54, 1.807) is 0 Å². The van der Waals surface area contributed by atoms with Crippen molar-refractivity contribution >= 4 is 11.9 Å². The summed E-state index contributed by atoms with van der Waals surface area (Å²) in [4.78, 5) is 23.6. The normalized spacial score (nSPS) is 9.90. The minimum absolute atomic E-state index is 0.0227. The maximum absolute atomic E-state index is 11.9. The molecule has 0 spiro atoms. The smallest absolute Gasteiger partial charge is 0.259 e. The van der Waals surface area contributed by atoms with Crippen molar-refractivity contribution in [2.45, 2.75) is 0 Å². The molecule has 1 amide bonds. The summed E-state index contributed by atoms with van der Waals surface area (Å²) in [5, 5.41) is 11.7. The Kier molecular flexibility index (Phi) is 3.94. The van der Waals surface area contributed by atoms with Crippen molar-refractivity contribution < 1.29 is 19.4 Å². The molecule has 2 rings (SSSR count). The van der Waals surface area contributed by atoms with E-state index in [4.69, 9.17) is 9.47 Å². The van der Waals surface area contributed by atoms with Gasteiger partial charge in [-0.1, -0.05) is 0 Å². The number of pyridine rings is 1. The second-order valence-electron chi connectivity index (χ2n) is 3.66. The van der Waals surface area contributed by atoms with Crippen LogP contribution >= 0.6 is 0 Å². The van der Waals surface area contributed by atoms with Crippen LogP contribution in [0, 0.1) is 0 Å². The van der Waals surface area contributed by atoms with Crippen molar-refractivity contribution in [2.75, 3.05) is 19.5 Å². The average Bonchev–Trinajstić information content (AvgIpc) is 2.46. The fourth-order valence-corrected chi connectivity index (χ4v) is 1.39. The highest BCUT2D eigenvalue weighted by Gasteiger charge is 2.11. The minimum atomic E-state index is -0.510. The zero-order valence-corrected chi connectivity index (χ0v) is 10.8. The number of rotatable bonds is 4. The number of nitrogens with zero attached hydrogens (tertiary/aromatic N) is 3. The molecule has 8 heteroatoms. The lowest BCUT2D eigenvalue weighted by Crippen LogP contribution is -2.15. The molecule has 0 unspecified atom stereocenters. The van der Waals surface area contributed by atoms with Crippen molar-refractivity contribution in [3.63, 3.8) is 0 Å². The molecule has 104 valence electrons. The average molecular weight is 276 g/mol. The fourth-order valence-electron chi connectivity index (χ4n) is 1.39. The van der Waals surface area contributed by atoms with E-state index in [1.165, 1.54) is 38.7 Å². The summed E-state index contributed by atoms with van der Waals surface area (Å²) in [5.74, 6) is -0.0950. The van der Waals surface area contributed by atoms with Crippen LogP contribution in [0.1, 0.15) is 10.4 Å². The van der Waals surface area contributed by atoms with E-state index in [0.29, 0.717) is 0 Å². The van der Waals surface area contributed by atoms with Gasteiger partial charge in [-0.05, 0) is 6.07 Å². The highest BCUT2D eigenvalue weighted by molar-refractivity contribution is 6.03. The van der Waals surface area contributed by atoms with Crippen LogP contribution in [-0.2, 0) is 0 Å². The van der Waals surface area contributed by atoms with Gasteiger partial charge < -0.3 is 14.6 Å². The van der Waals surface area contributed by atoms with E-state index < -0.39 is 5.91 Å². The lowest BCUT2D eigenvalue weighted by molar-refractivity contribution is 0.102. The molecular weight excluding hydrogens is 264 g/mol. The number of aromatic hydroxyl groups is 1. The van der Waals surface area contributed by atoms with Crippen molar-refractivity contribution in [1.82, 2.24) is 15.0 Å². The van der Waals surface area contributed by atoms with Gasteiger partial charge >= 0.3 is 0 Å². The van der Waals surface area contributed by atoms with Gasteiger partial charge in [0.1, 0.15) is 5.75 Å². The molecule has 0 aliphatic rings. The van der Waals surface area contributed by atoms with Gasteiger partial charge in [0.2, 0.25) is 17.7 Å². The van der Waals surface area contributed by atoms with E-state index in [1.807, 2.05) is 0 Å². The zero-order valence-electron chi connectivity index (χ0n) is 10.8. The molecular formula is C12H12N4O4. The zero-order chi connectivity index (χ0) is 14.5. The summed E-state index contributed by atoms with van der Waals surface area (Å²) in [6, 6.07) is 2.76. The van der Waals surface area contributed by atoms with E-state index in [0.717, 1.165) is 0 Å². The van der Waals surface area contributed by atoms with Crippen LogP contribution in [0.25, 0.3) is 0 Å². The number of methoxy groups -OCH3 is 2. The largest absolute Gasteiger partial charge is 0.506 e. The summed E-state index contributed by atoms with van der Waals surface area (Å²) in [7, 11) is 2.87. The number of carbonyl (C=O) groups excluding carboxylic acids is 1. The van der Waals surface area contributed by atoms with Crippen LogP contribution in [0.15, 0.2) is 24.5 Å². The first-order valence-electron chi connectivity index (χ1n) is 5.55. The van der Waals surface area contributed by atoms with E-state index in [2.05, 4.69) is 20.3 Å². The third-order valence-electron chi connectivity index (χ3n) is 2.31. The number of hydrogen-bond acceptors (Lipinski definition) is 7. The molecule has 0 atom stereocenters. The number of amides is 1. The molecule has 2 N–H and O–H groups in total. The molecule has 0 saturated carbocycles. The number of nitrogens with one attached hydrogen (secondary N) is 1. The van der Waals surface area contributed by atoms with E-state index >= 15 is 0 Å². The number of ether oxygens (including phenoxy) is 2. The third-order valence-corrected chi connectivity index (χ3v) is 2.31. The van der Waals surface area contributed by atoms with Crippen molar-refractivity contribution in [2.24, 2.45) is 0 Å². The summed E-state index contributed by atoms with van der Waals surface area (Å²) >= 11 is 0. The molecule has 2 heterocycles. The quantitative estimate of drug-likeness (QED) is 0.852. The second kappa shape index (κ2) is 5.83. The van der Waals surface area contributed by atoms with Crippen LogP contribution in [-0.4, -0.2) is 40.2 Å². The fraction of sp³-hybridized carbons (Fsp3) is 0.167. The first kappa shape index (κ1) is 13.5. The maximum Gasteiger partial charge on any atom is 0.259 e. The number of aromatic nitrogens is 3. The summed E-state index contributed by atoms with van der Waals surface area (Å²) < 4.78 is 9.94. The Morgan fingerprint density at radius 2 is 1.80 bits per heavy atom. The van der Waals surface area contributed by atoms with Crippen LogP contribution in [0.2, 0.25) is 0 Å². The Labute approximate surface area is 114 Å². The number of anilines is 1. The molecule has 0 bridgehead atoms. The second-order valence-corrected chi connectivity index (χ2v) is 3.66. The van der Waals surface area contributed by atoms with Gasteiger partial charge in [0.05, 0.1) is 32.0 Å². The predicted octanol–water partition coefficient (Wildman–Crippen LogP) is 0.847. The van der Waals surface area contributed by atoms with E-state index in [9.17, 15) is 9.90 Å². The number of carbonyl (C=O) groups is 1. The molecule has 0 aliphatic heterocycles. The van der Waals surface area contributed by atoms with Crippen molar-refractivity contribution in [1.29, 1.82) is 0 Å². The van der Waals surface area contributed by atoms with E-state index in [-0.39, 0.29) is 29.0 Å². The molecule has 0 aliphatic carbocycles. The monoisotopic (exact) mass is 276 g/mol. The Morgan fingerprint density at radius 3 is 2.35 bits per heavy atom. The van der Waals surface area contributed by atoms with Gasteiger partial charge in [0.15, 0.2) is 0 Å². The van der Waals surface area contributed by atoms with Crippen molar-refractivity contribution in [3.05, 3.63) is 30.1 Å². The topological polar surface area (TPSA) is 106 Å². The van der Waals surface area contributed by atoms with Gasteiger partial charge in [-0.3, -0.25) is 15.1 Å². The van der Waals surface area contributed by atoms with Crippen LogP contribution in [0.5, 0.6) is 17.5 Å². The summed E-state index contributed by atoms with van der Waals surface area (Å²) in [5.41, 5.74) is 0.176. The van der Waals surface area contributed by atoms with Crippen LogP contribution in [0.3, 0.4) is 0 Å². The molecule has 2 aromatic heterocycles. The Balaban J connectivity index is 2.23. The molecule has 0 aromatic carbocycles. The Morgan fingerprint density at radius 1 is 1.15 bits per heavy atom. The molecule has 0 radical (unpaired) electrons. The standard InChI is InChI=1S/C12H12N4O4/c1-19-9-4-10(20-2)15-12(14-9)16-11(18)7-3-8(17)6-13-5-7/h3-6,17H,1-2H3,(H,14,15,16,18). The third kappa shape index (κ3) is 3.10. The highest BCUT2D eigenvalue weighted by Crippen LogP contribution is 2.18. The van der Waals surface area contributed by atoms with Crippen LogP contribution < -0.4 is 14.8 Å². The Bertz CT molecular complexity index is 610. The van der Waals surface area contributed by atoms with Crippen LogP contribution in [0.4, 0.5) is 5.95 Å².